The van der Waals surface area contributed by atoms with E-state index >= 15 is 0 Å². The molecule has 0 radical (unpaired) electrons. The first-order valence-electron chi connectivity index (χ1n) is 9.79. The quantitative estimate of drug-likeness (QED) is 0.692. The average Bonchev–Trinajstić information content (AvgIpc) is 3.23. The second-order valence-electron chi connectivity index (χ2n) is 7.06. The number of hydrogen-bond acceptors (Lipinski definition) is 6. The van der Waals surface area contributed by atoms with E-state index in [9.17, 15) is 4.79 Å². The highest BCUT2D eigenvalue weighted by Gasteiger charge is 2.13. The number of carbonyl (C=O) groups is 1. The first kappa shape index (κ1) is 19.1. The number of hydrogen-bond donors (Lipinski definition) is 1. The van der Waals surface area contributed by atoms with Crippen LogP contribution in [0.2, 0.25) is 0 Å². The summed E-state index contributed by atoms with van der Waals surface area (Å²) in [6, 6.07) is 15.8. The summed E-state index contributed by atoms with van der Waals surface area (Å²) >= 11 is 0. The molecular formula is C22H24N4O3. The van der Waals surface area contributed by atoms with Crippen LogP contribution in [0.4, 0.5) is 11.4 Å². The van der Waals surface area contributed by atoms with Crippen molar-refractivity contribution in [2.75, 3.05) is 36.5 Å². The van der Waals surface area contributed by atoms with Gasteiger partial charge in [-0.3, -0.25) is 4.79 Å². The molecule has 0 spiro atoms. The van der Waals surface area contributed by atoms with Crippen LogP contribution in [0.25, 0.3) is 11.5 Å². The number of aromatic nitrogens is 2. The molecule has 0 unspecified atom stereocenters. The summed E-state index contributed by atoms with van der Waals surface area (Å²) in [5.74, 6) is 0.843. The summed E-state index contributed by atoms with van der Waals surface area (Å²) in [5.41, 5.74) is 3.91. The normalized spacial score (nSPS) is 14.0. The molecule has 2 heterocycles. The average molecular weight is 392 g/mol. The summed E-state index contributed by atoms with van der Waals surface area (Å²) in [6.45, 7) is 5.20. The van der Waals surface area contributed by atoms with Gasteiger partial charge in [0, 0.05) is 42.9 Å². The molecular weight excluding hydrogens is 368 g/mol. The molecule has 0 saturated carbocycles. The Balaban J connectivity index is 1.32. The zero-order valence-electron chi connectivity index (χ0n) is 16.4. The Morgan fingerprint density at radius 1 is 1.10 bits per heavy atom. The van der Waals surface area contributed by atoms with Crippen LogP contribution in [-0.4, -0.2) is 42.4 Å². The van der Waals surface area contributed by atoms with Crippen molar-refractivity contribution in [1.29, 1.82) is 0 Å². The largest absolute Gasteiger partial charge is 0.421 e. The summed E-state index contributed by atoms with van der Waals surface area (Å²) in [7, 11) is 0. The van der Waals surface area contributed by atoms with Crippen LogP contribution in [-0.2, 0) is 16.0 Å². The Hall–Kier alpha value is -3.19. The maximum Gasteiger partial charge on any atom is 0.247 e. The predicted molar refractivity (Wildman–Crippen MR) is 111 cm³/mol. The lowest BCUT2D eigenvalue weighted by Gasteiger charge is -2.29. The van der Waals surface area contributed by atoms with Crippen LogP contribution in [0.5, 0.6) is 0 Å². The van der Waals surface area contributed by atoms with Crippen LogP contribution in [0.15, 0.2) is 52.9 Å². The topological polar surface area (TPSA) is 80.5 Å². The third kappa shape index (κ3) is 5.00. The molecule has 0 bridgehead atoms. The Kier molecular flexibility index (Phi) is 5.86. The maximum atomic E-state index is 12.4. The number of nitrogens with zero attached hydrogens (tertiary/aromatic N) is 3. The van der Waals surface area contributed by atoms with Crippen molar-refractivity contribution in [3.63, 3.8) is 0 Å². The van der Waals surface area contributed by atoms with E-state index in [1.807, 2.05) is 55.5 Å². The smallest absolute Gasteiger partial charge is 0.247 e. The molecule has 1 aliphatic rings. The highest BCUT2D eigenvalue weighted by atomic mass is 16.5. The number of ether oxygens (including phenoxy) is 1. The Bertz CT molecular complexity index is 962. The molecule has 7 nitrogen and oxygen atoms in total. The van der Waals surface area contributed by atoms with Crippen molar-refractivity contribution in [3.05, 3.63) is 60.0 Å². The molecule has 3 aromatic rings. The second-order valence-corrected chi connectivity index (χ2v) is 7.06. The van der Waals surface area contributed by atoms with Crippen LogP contribution in [0, 0.1) is 6.92 Å². The lowest BCUT2D eigenvalue weighted by molar-refractivity contribution is -0.116. The number of carbonyl (C=O) groups excluding carboxylic acids is 1. The van der Waals surface area contributed by atoms with E-state index in [1.54, 1.807) is 0 Å². The minimum absolute atomic E-state index is 0.0841. The number of morpholine rings is 1. The molecule has 2 aromatic carbocycles. The standard InChI is InChI=1S/C22H24N4O3/c1-16-5-7-17(8-6-16)22-25-24-21(29-22)10-9-20(27)23-18-3-2-4-19(15-18)26-11-13-28-14-12-26/h2-8,15H,9-14H2,1H3,(H,23,27). The number of amides is 1. The predicted octanol–water partition coefficient (Wildman–Crippen LogP) is 3.45. The molecule has 1 N–H and O–H groups in total. The van der Waals surface area contributed by atoms with Crippen LogP contribution < -0.4 is 10.2 Å². The van der Waals surface area contributed by atoms with Gasteiger partial charge in [-0.05, 0) is 37.3 Å². The van der Waals surface area contributed by atoms with E-state index in [2.05, 4.69) is 20.4 Å². The van der Waals surface area contributed by atoms with Gasteiger partial charge in [-0.25, -0.2) is 0 Å². The van der Waals surface area contributed by atoms with Crippen molar-refractivity contribution < 1.29 is 13.9 Å². The molecule has 1 aliphatic heterocycles. The van der Waals surface area contributed by atoms with Crippen molar-refractivity contribution in [2.45, 2.75) is 19.8 Å². The molecule has 1 fully saturated rings. The minimum atomic E-state index is -0.0841. The molecule has 1 aromatic heterocycles. The van der Waals surface area contributed by atoms with E-state index < -0.39 is 0 Å². The van der Waals surface area contributed by atoms with Crippen molar-refractivity contribution in [2.24, 2.45) is 0 Å². The van der Waals surface area contributed by atoms with E-state index in [0.717, 1.165) is 43.2 Å². The van der Waals surface area contributed by atoms with Crippen LogP contribution in [0.3, 0.4) is 0 Å². The van der Waals surface area contributed by atoms with Crippen molar-refractivity contribution in [1.82, 2.24) is 10.2 Å². The zero-order valence-corrected chi connectivity index (χ0v) is 16.4. The van der Waals surface area contributed by atoms with Gasteiger partial charge >= 0.3 is 0 Å². The molecule has 7 heteroatoms. The van der Waals surface area contributed by atoms with Crippen molar-refractivity contribution in [3.8, 4) is 11.5 Å². The number of rotatable bonds is 6. The molecule has 0 aliphatic carbocycles. The zero-order chi connectivity index (χ0) is 20.1. The lowest BCUT2D eigenvalue weighted by atomic mass is 10.1. The highest BCUT2D eigenvalue weighted by Crippen LogP contribution is 2.21. The van der Waals surface area contributed by atoms with Gasteiger partial charge in [0.2, 0.25) is 17.7 Å². The molecule has 29 heavy (non-hydrogen) atoms. The number of anilines is 2. The van der Waals surface area contributed by atoms with Gasteiger partial charge in [0.05, 0.1) is 13.2 Å². The van der Waals surface area contributed by atoms with Crippen LogP contribution in [0.1, 0.15) is 17.9 Å². The number of nitrogens with one attached hydrogen (secondary N) is 1. The van der Waals surface area contributed by atoms with E-state index in [1.165, 1.54) is 5.56 Å². The fourth-order valence-corrected chi connectivity index (χ4v) is 3.21. The van der Waals surface area contributed by atoms with Gasteiger partial charge < -0.3 is 19.4 Å². The van der Waals surface area contributed by atoms with Gasteiger partial charge in [-0.1, -0.05) is 23.8 Å². The third-order valence-electron chi connectivity index (χ3n) is 4.84. The summed E-state index contributed by atoms with van der Waals surface area (Å²) in [4.78, 5) is 14.6. The van der Waals surface area contributed by atoms with Gasteiger partial charge in [0.25, 0.3) is 0 Å². The Morgan fingerprint density at radius 3 is 2.69 bits per heavy atom. The van der Waals surface area contributed by atoms with Gasteiger partial charge in [0.1, 0.15) is 0 Å². The SMILES string of the molecule is Cc1ccc(-c2nnc(CCC(=O)Nc3cccc(N4CCOCC4)c3)o2)cc1. The van der Waals surface area contributed by atoms with E-state index in [4.69, 9.17) is 9.15 Å². The Labute approximate surface area is 169 Å². The van der Waals surface area contributed by atoms with Gasteiger partial charge in [0.15, 0.2) is 0 Å². The fourth-order valence-electron chi connectivity index (χ4n) is 3.21. The monoisotopic (exact) mass is 392 g/mol. The van der Waals surface area contributed by atoms with Crippen molar-refractivity contribution >= 4 is 17.3 Å². The molecule has 150 valence electrons. The molecule has 1 saturated heterocycles. The van der Waals surface area contributed by atoms with E-state index in [-0.39, 0.29) is 12.3 Å². The summed E-state index contributed by atoms with van der Waals surface area (Å²) < 4.78 is 11.1. The Morgan fingerprint density at radius 2 is 1.90 bits per heavy atom. The maximum absolute atomic E-state index is 12.4. The molecule has 4 rings (SSSR count). The minimum Gasteiger partial charge on any atom is -0.421 e. The van der Waals surface area contributed by atoms with E-state index in [0.29, 0.717) is 18.2 Å². The number of aryl methyl sites for hydroxylation is 2. The second kappa shape index (κ2) is 8.87. The fraction of sp³-hybridized carbons (Fsp3) is 0.318. The first-order valence-corrected chi connectivity index (χ1v) is 9.79. The lowest BCUT2D eigenvalue weighted by Crippen LogP contribution is -2.36. The molecule has 1 amide bonds. The van der Waals surface area contributed by atoms with Crippen LogP contribution >= 0.6 is 0 Å². The van der Waals surface area contributed by atoms with Gasteiger partial charge in [-0.15, -0.1) is 10.2 Å². The number of benzene rings is 2. The summed E-state index contributed by atoms with van der Waals surface area (Å²) in [6.07, 6.45) is 0.672. The first-order chi connectivity index (χ1) is 14.2. The highest BCUT2D eigenvalue weighted by molar-refractivity contribution is 5.91. The van der Waals surface area contributed by atoms with Gasteiger partial charge in [-0.2, -0.15) is 0 Å². The summed E-state index contributed by atoms with van der Waals surface area (Å²) in [5, 5.41) is 11.1. The third-order valence-corrected chi connectivity index (χ3v) is 4.84. The molecule has 0 atom stereocenters.